The summed E-state index contributed by atoms with van der Waals surface area (Å²) in [5, 5.41) is 0. The average molecular weight is 292 g/mol. The fraction of sp³-hybridized carbons (Fsp3) is 0.688. The first-order valence-corrected chi connectivity index (χ1v) is 7.73. The molecule has 0 aliphatic carbocycles. The van der Waals surface area contributed by atoms with Crippen molar-refractivity contribution in [1.82, 2.24) is 9.80 Å². The van der Waals surface area contributed by atoms with Crippen LogP contribution in [0, 0.1) is 6.92 Å². The molecule has 116 valence electrons. The van der Waals surface area contributed by atoms with Crippen LogP contribution in [0.15, 0.2) is 16.5 Å². The van der Waals surface area contributed by atoms with Crippen molar-refractivity contribution in [1.29, 1.82) is 0 Å². The van der Waals surface area contributed by atoms with Gasteiger partial charge in [-0.1, -0.05) is 0 Å². The number of nitrogens with zero attached hydrogens (tertiary/aromatic N) is 2. The Morgan fingerprint density at radius 1 is 1.33 bits per heavy atom. The number of aryl methyl sites for hydroxylation is 1. The number of piperidine rings is 1. The summed E-state index contributed by atoms with van der Waals surface area (Å²) in [4.78, 5) is 15.9. The molecule has 1 aromatic heterocycles. The zero-order valence-electron chi connectivity index (χ0n) is 12.9. The number of ether oxygens (including phenoxy) is 1. The molecular formula is C16H24N2O3. The lowest BCUT2D eigenvalue weighted by atomic mass is 9.90. The minimum Gasteiger partial charge on any atom is -0.465 e. The molecule has 3 rings (SSSR count). The van der Waals surface area contributed by atoms with E-state index in [0.29, 0.717) is 0 Å². The summed E-state index contributed by atoms with van der Waals surface area (Å²) in [5.74, 6) is 2.11. The quantitative estimate of drug-likeness (QED) is 0.834. The van der Waals surface area contributed by atoms with Gasteiger partial charge in [0.25, 0.3) is 0 Å². The third-order valence-electron chi connectivity index (χ3n) is 4.49. The smallest absolute Gasteiger partial charge is 0.219 e. The monoisotopic (exact) mass is 292 g/mol. The summed E-state index contributed by atoms with van der Waals surface area (Å²) in [5.41, 5.74) is -0.191. The Kier molecular flexibility index (Phi) is 4.04. The average Bonchev–Trinajstić information content (AvgIpc) is 2.84. The van der Waals surface area contributed by atoms with Crippen LogP contribution in [0.5, 0.6) is 0 Å². The highest BCUT2D eigenvalue weighted by molar-refractivity contribution is 5.73. The number of hydrogen-bond acceptors (Lipinski definition) is 4. The second kappa shape index (κ2) is 5.81. The Bertz CT molecular complexity index is 509. The van der Waals surface area contributed by atoms with Gasteiger partial charge in [0.05, 0.1) is 25.3 Å². The molecule has 5 heteroatoms. The number of rotatable bonds is 2. The standard InChI is InChI=1S/C16H24N2O3/c1-13-4-5-15(21-13)10-17-8-9-20-16(11-17)6-3-7-18(12-16)14(2)19/h4-5H,3,6-12H2,1-2H3/t16-/m0/s1. The maximum atomic E-state index is 11.6. The van der Waals surface area contributed by atoms with Gasteiger partial charge in [-0.2, -0.15) is 0 Å². The lowest BCUT2D eigenvalue weighted by Crippen LogP contribution is -2.60. The summed E-state index contributed by atoms with van der Waals surface area (Å²) in [7, 11) is 0. The zero-order valence-corrected chi connectivity index (χ0v) is 12.9. The largest absolute Gasteiger partial charge is 0.465 e. The molecule has 0 N–H and O–H groups in total. The number of likely N-dealkylation sites (tertiary alicyclic amines) is 1. The molecule has 2 aliphatic heterocycles. The minimum atomic E-state index is -0.191. The van der Waals surface area contributed by atoms with Gasteiger partial charge in [0, 0.05) is 26.6 Å². The van der Waals surface area contributed by atoms with Gasteiger partial charge in [0.1, 0.15) is 11.5 Å². The van der Waals surface area contributed by atoms with Crippen LogP contribution < -0.4 is 0 Å². The normalized spacial score (nSPS) is 27.2. The topological polar surface area (TPSA) is 45.9 Å². The SMILES string of the molecule is CC(=O)N1CCC[C@]2(CN(Cc3ccc(C)o3)CCO2)C1. The Morgan fingerprint density at radius 2 is 2.19 bits per heavy atom. The highest BCUT2D eigenvalue weighted by Gasteiger charge is 2.41. The third-order valence-corrected chi connectivity index (χ3v) is 4.49. The van der Waals surface area contributed by atoms with Crippen LogP contribution in [0.25, 0.3) is 0 Å². The lowest BCUT2D eigenvalue weighted by Gasteiger charge is -2.47. The van der Waals surface area contributed by atoms with Crippen molar-refractivity contribution in [3.8, 4) is 0 Å². The van der Waals surface area contributed by atoms with Crippen LogP contribution in [-0.2, 0) is 16.1 Å². The number of carbonyl (C=O) groups is 1. The van der Waals surface area contributed by atoms with E-state index in [1.165, 1.54) is 0 Å². The van der Waals surface area contributed by atoms with Crippen molar-refractivity contribution in [2.24, 2.45) is 0 Å². The highest BCUT2D eigenvalue weighted by Crippen LogP contribution is 2.29. The molecule has 1 aromatic rings. The van der Waals surface area contributed by atoms with Crippen molar-refractivity contribution in [2.75, 3.05) is 32.8 Å². The fourth-order valence-corrected chi connectivity index (χ4v) is 3.46. The molecule has 1 amide bonds. The van der Waals surface area contributed by atoms with Crippen LogP contribution in [0.4, 0.5) is 0 Å². The van der Waals surface area contributed by atoms with Crippen LogP contribution in [-0.4, -0.2) is 54.1 Å². The van der Waals surface area contributed by atoms with E-state index >= 15 is 0 Å². The van der Waals surface area contributed by atoms with Crippen molar-refractivity contribution >= 4 is 5.91 Å². The summed E-state index contributed by atoms with van der Waals surface area (Å²) < 4.78 is 11.8. The molecule has 0 unspecified atom stereocenters. The lowest BCUT2D eigenvalue weighted by molar-refractivity contribution is -0.157. The number of morpholine rings is 1. The molecule has 1 spiro atoms. The summed E-state index contributed by atoms with van der Waals surface area (Å²) in [6.45, 7) is 8.53. The Morgan fingerprint density at radius 3 is 2.90 bits per heavy atom. The van der Waals surface area contributed by atoms with E-state index < -0.39 is 0 Å². The third kappa shape index (κ3) is 3.30. The van der Waals surface area contributed by atoms with Crippen molar-refractivity contribution in [3.63, 3.8) is 0 Å². The molecule has 2 saturated heterocycles. The van der Waals surface area contributed by atoms with Crippen LogP contribution in [0.3, 0.4) is 0 Å². The summed E-state index contributed by atoms with van der Waals surface area (Å²) >= 11 is 0. The van der Waals surface area contributed by atoms with Crippen molar-refractivity contribution < 1.29 is 13.9 Å². The fourth-order valence-electron chi connectivity index (χ4n) is 3.46. The van der Waals surface area contributed by atoms with E-state index in [0.717, 1.165) is 63.7 Å². The van der Waals surface area contributed by atoms with Crippen LogP contribution in [0.1, 0.15) is 31.3 Å². The van der Waals surface area contributed by atoms with Gasteiger partial charge >= 0.3 is 0 Å². The molecule has 1 atom stereocenters. The number of furan rings is 1. The van der Waals surface area contributed by atoms with E-state index in [2.05, 4.69) is 4.90 Å². The van der Waals surface area contributed by atoms with Crippen LogP contribution in [0.2, 0.25) is 0 Å². The number of hydrogen-bond donors (Lipinski definition) is 0. The highest BCUT2D eigenvalue weighted by atomic mass is 16.5. The molecule has 0 bridgehead atoms. The van der Waals surface area contributed by atoms with Gasteiger partial charge in [-0.15, -0.1) is 0 Å². The number of carbonyl (C=O) groups excluding carboxylic acids is 1. The van der Waals surface area contributed by atoms with E-state index in [1.807, 2.05) is 24.0 Å². The maximum Gasteiger partial charge on any atom is 0.219 e. The summed E-state index contributed by atoms with van der Waals surface area (Å²) in [6.07, 6.45) is 2.05. The zero-order chi connectivity index (χ0) is 14.9. The van der Waals surface area contributed by atoms with E-state index in [4.69, 9.17) is 9.15 Å². The molecule has 21 heavy (non-hydrogen) atoms. The molecule has 0 aromatic carbocycles. The molecule has 2 fully saturated rings. The van der Waals surface area contributed by atoms with E-state index in [-0.39, 0.29) is 11.5 Å². The molecular weight excluding hydrogens is 268 g/mol. The maximum absolute atomic E-state index is 11.6. The number of amides is 1. The van der Waals surface area contributed by atoms with Gasteiger partial charge in [-0.25, -0.2) is 0 Å². The summed E-state index contributed by atoms with van der Waals surface area (Å²) in [6, 6.07) is 4.05. The van der Waals surface area contributed by atoms with Gasteiger partial charge in [0.2, 0.25) is 5.91 Å². The van der Waals surface area contributed by atoms with Gasteiger partial charge < -0.3 is 14.1 Å². The van der Waals surface area contributed by atoms with Gasteiger partial charge in [-0.3, -0.25) is 9.69 Å². The van der Waals surface area contributed by atoms with Crippen LogP contribution >= 0.6 is 0 Å². The van der Waals surface area contributed by atoms with Gasteiger partial charge in [-0.05, 0) is 31.9 Å². The molecule has 0 saturated carbocycles. The second-order valence-corrected chi connectivity index (χ2v) is 6.30. The first-order chi connectivity index (χ1) is 10.1. The predicted molar refractivity (Wildman–Crippen MR) is 78.9 cm³/mol. The second-order valence-electron chi connectivity index (χ2n) is 6.30. The van der Waals surface area contributed by atoms with Gasteiger partial charge in [0.15, 0.2) is 0 Å². The Balaban J connectivity index is 1.65. The molecule has 5 nitrogen and oxygen atoms in total. The molecule has 3 heterocycles. The van der Waals surface area contributed by atoms with E-state index in [1.54, 1.807) is 6.92 Å². The first-order valence-electron chi connectivity index (χ1n) is 7.73. The predicted octanol–water partition coefficient (Wildman–Crippen LogP) is 1.80. The first kappa shape index (κ1) is 14.6. The van der Waals surface area contributed by atoms with Crippen molar-refractivity contribution in [3.05, 3.63) is 23.7 Å². The van der Waals surface area contributed by atoms with Crippen molar-refractivity contribution in [2.45, 2.75) is 38.8 Å². The van der Waals surface area contributed by atoms with E-state index in [9.17, 15) is 4.79 Å². The molecule has 0 radical (unpaired) electrons. The Labute approximate surface area is 125 Å². The minimum absolute atomic E-state index is 0.149. The molecule has 2 aliphatic rings. The Hall–Kier alpha value is -1.33.